The first-order chi connectivity index (χ1) is 6.72. The van der Waals surface area contributed by atoms with Gasteiger partial charge in [-0.2, -0.15) is 5.26 Å². The predicted octanol–water partition coefficient (Wildman–Crippen LogP) is 2.81. The molecule has 0 unspecified atom stereocenters. The molecule has 0 aliphatic carbocycles. The molecule has 0 spiro atoms. The second-order valence-electron chi connectivity index (χ2n) is 2.86. The number of hydrogen-bond donors (Lipinski definition) is 1. The lowest BCUT2D eigenvalue weighted by Crippen LogP contribution is -1.75. The summed E-state index contributed by atoms with van der Waals surface area (Å²) in [5, 5.41) is 18.0. The number of thiophene rings is 1. The smallest absolute Gasteiger partial charge is 0.173 e. The number of nitriles is 1. The van der Waals surface area contributed by atoms with E-state index in [9.17, 15) is 4.39 Å². The summed E-state index contributed by atoms with van der Waals surface area (Å²) in [7, 11) is 0. The third-order valence-corrected chi connectivity index (χ3v) is 3.02. The zero-order valence-corrected chi connectivity index (χ0v) is 7.94. The Morgan fingerprint density at radius 1 is 1.50 bits per heavy atom. The van der Waals surface area contributed by atoms with E-state index in [1.807, 2.05) is 6.07 Å². The van der Waals surface area contributed by atoms with Crippen molar-refractivity contribution in [3.8, 4) is 11.8 Å². The van der Waals surface area contributed by atoms with Crippen molar-refractivity contribution in [2.24, 2.45) is 0 Å². The van der Waals surface area contributed by atoms with Gasteiger partial charge in [-0.3, -0.25) is 0 Å². The van der Waals surface area contributed by atoms with Crippen molar-refractivity contribution in [1.82, 2.24) is 0 Å². The Labute approximate surface area is 83.8 Å². The number of rotatable bonds is 1. The van der Waals surface area contributed by atoms with Gasteiger partial charge in [0.15, 0.2) is 11.6 Å². The van der Waals surface area contributed by atoms with Crippen LogP contribution in [0.1, 0.15) is 4.88 Å². The van der Waals surface area contributed by atoms with Crippen LogP contribution in [0, 0.1) is 17.1 Å². The Balaban J connectivity index is 2.66. The predicted molar refractivity (Wildman–Crippen MR) is 52.8 cm³/mol. The minimum atomic E-state index is -0.608. The van der Waals surface area contributed by atoms with Crippen molar-refractivity contribution >= 4 is 21.4 Å². The molecule has 4 heteroatoms. The second kappa shape index (κ2) is 3.28. The Morgan fingerprint density at radius 3 is 3.00 bits per heavy atom. The van der Waals surface area contributed by atoms with Gasteiger partial charge in [-0.15, -0.1) is 11.3 Å². The van der Waals surface area contributed by atoms with Crippen LogP contribution in [-0.4, -0.2) is 5.11 Å². The number of benzene rings is 1. The highest BCUT2D eigenvalue weighted by molar-refractivity contribution is 7.19. The van der Waals surface area contributed by atoms with Crippen molar-refractivity contribution in [3.63, 3.8) is 0 Å². The fourth-order valence-electron chi connectivity index (χ4n) is 1.28. The second-order valence-corrected chi connectivity index (χ2v) is 4.03. The van der Waals surface area contributed by atoms with Gasteiger partial charge >= 0.3 is 0 Å². The summed E-state index contributed by atoms with van der Waals surface area (Å²) in [6.07, 6.45) is 0.277. The van der Waals surface area contributed by atoms with Gasteiger partial charge in [-0.1, -0.05) is 0 Å². The van der Waals surface area contributed by atoms with E-state index >= 15 is 0 Å². The highest BCUT2D eigenvalue weighted by Crippen LogP contribution is 2.31. The van der Waals surface area contributed by atoms with E-state index in [2.05, 4.69) is 0 Å². The number of aromatic hydroxyl groups is 1. The van der Waals surface area contributed by atoms with E-state index < -0.39 is 5.82 Å². The fraction of sp³-hybridized carbons (Fsp3) is 0.100. The average Bonchev–Trinajstić information content (AvgIpc) is 2.56. The molecule has 0 bridgehead atoms. The molecule has 70 valence electrons. The first-order valence-electron chi connectivity index (χ1n) is 3.99. The van der Waals surface area contributed by atoms with Gasteiger partial charge < -0.3 is 5.11 Å². The molecule has 14 heavy (non-hydrogen) atoms. The SMILES string of the molecule is N#CCc1cc2c(F)c(O)ccc2s1. The van der Waals surface area contributed by atoms with E-state index in [-0.39, 0.29) is 12.2 Å². The largest absolute Gasteiger partial charge is 0.505 e. The summed E-state index contributed by atoms with van der Waals surface area (Å²) in [4.78, 5) is 0.812. The highest BCUT2D eigenvalue weighted by Gasteiger charge is 2.09. The van der Waals surface area contributed by atoms with Crippen LogP contribution in [0.15, 0.2) is 18.2 Å². The molecule has 1 heterocycles. The first-order valence-corrected chi connectivity index (χ1v) is 4.81. The molecule has 1 N–H and O–H groups in total. The normalized spacial score (nSPS) is 10.3. The summed E-state index contributed by atoms with van der Waals surface area (Å²) in [6.45, 7) is 0. The van der Waals surface area contributed by atoms with E-state index in [0.29, 0.717) is 5.39 Å². The maximum absolute atomic E-state index is 13.3. The van der Waals surface area contributed by atoms with Crippen molar-refractivity contribution in [3.05, 3.63) is 28.9 Å². The lowest BCUT2D eigenvalue weighted by atomic mass is 10.2. The number of fused-ring (bicyclic) bond motifs is 1. The van der Waals surface area contributed by atoms with Gasteiger partial charge in [0.05, 0.1) is 12.5 Å². The minimum Gasteiger partial charge on any atom is -0.505 e. The van der Waals surface area contributed by atoms with Crippen molar-refractivity contribution in [2.45, 2.75) is 6.42 Å². The molecular formula is C10H6FNOS. The van der Waals surface area contributed by atoms with Crippen molar-refractivity contribution < 1.29 is 9.50 Å². The quantitative estimate of drug-likeness (QED) is 0.781. The Kier molecular flexibility index (Phi) is 2.10. The van der Waals surface area contributed by atoms with Gasteiger partial charge in [0.25, 0.3) is 0 Å². The topological polar surface area (TPSA) is 44.0 Å². The van der Waals surface area contributed by atoms with E-state index in [1.165, 1.54) is 17.4 Å². The summed E-state index contributed by atoms with van der Waals surface area (Å²) >= 11 is 1.37. The van der Waals surface area contributed by atoms with Gasteiger partial charge in [-0.05, 0) is 18.2 Å². The number of phenols is 1. The maximum Gasteiger partial charge on any atom is 0.173 e. The lowest BCUT2D eigenvalue weighted by Gasteiger charge is -1.94. The zero-order chi connectivity index (χ0) is 10.1. The number of hydrogen-bond acceptors (Lipinski definition) is 3. The van der Waals surface area contributed by atoms with E-state index in [0.717, 1.165) is 9.58 Å². The molecule has 0 aliphatic rings. The molecule has 2 nitrogen and oxygen atoms in total. The molecule has 2 rings (SSSR count). The molecule has 1 aromatic carbocycles. The van der Waals surface area contributed by atoms with Crippen LogP contribution in [0.4, 0.5) is 4.39 Å². The van der Waals surface area contributed by atoms with Crippen LogP contribution < -0.4 is 0 Å². The molecule has 0 aliphatic heterocycles. The first kappa shape index (κ1) is 8.97. The number of halogens is 1. The number of nitrogens with zero attached hydrogens (tertiary/aromatic N) is 1. The molecular weight excluding hydrogens is 201 g/mol. The molecule has 0 amide bonds. The van der Waals surface area contributed by atoms with Gasteiger partial charge in [0, 0.05) is 15.0 Å². The summed E-state index contributed by atoms with van der Waals surface area (Å²) in [6, 6.07) is 6.59. The average molecular weight is 207 g/mol. The lowest BCUT2D eigenvalue weighted by molar-refractivity contribution is 0.436. The molecule has 0 atom stereocenters. The fourth-order valence-corrected chi connectivity index (χ4v) is 2.27. The Hall–Kier alpha value is -1.60. The monoisotopic (exact) mass is 207 g/mol. The van der Waals surface area contributed by atoms with Gasteiger partial charge in [-0.25, -0.2) is 4.39 Å². The molecule has 1 aromatic heterocycles. The Morgan fingerprint density at radius 2 is 2.29 bits per heavy atom. The summed E-state index contributed by atoms with van der Waals surface area (Å²) in [5.74, 6) is -0.957. The molecule has 0 saturated carbocycles. The summed E-state index contributed by atoms with van der Waals surface area (Å²) in [5.41, 5.74) is 0. The van der Waals surface area contributed by atoms with Crippen LogP contribution in [0.2, 0.25) is 0 Å². The summed E-state index contributed by atoms with van der Waals surface area (Å²) < 4.78 is 14.1. The zero-order valence-electron chi connectivity index (χ0n) is 7.12. The van der Waals surface area contributed by atoms with E-state index in [4.69, 9.17) is 10.4 Å². The molecule has 0 fully saturated rings. The van der Waals surface area contributed by atoms with Crippen molar-refractivity contribution in [2.75, 3.05) is 0 Å². The van der Waals surface area contributed by atoms with Crippen LogP contribution in [-0.2, 0) is 6.42 Å². The minimum absolute atomic E-state index is 0.277. The molecule has 0 radical (unpaired) electrons. The van der Waals surface area contributed by atoms with Crippen LogP contribution in [0.5, 0.6) is 5.75 Å². The maximum atomic E-state index is 13.3. The highest BCUT2D eigenvalue weighted by atomic mass is 32.1. The standard InChI is InChI=1S/C10H6FNOS/c11-10-7-5-6(3-4-12)14-9(7)2-1-8(10)13/h1-2,5,13H,3H2. The van der Waals surface area contributed by atoms with Crippen LogP contribution in [0.3, 0.4) is 0 Å². The third kappa shape index (κ3) is 1.32. The molecule has 0 saturated heterocycles. The van der Waals surface area contributed by atoms with Crippen LogP contribution >= 0.6 is 11.3 Å². The van der Waals surface area contributed by atoms with E-state index in [1.54, 1.807) is 12.1 Å². The van der Waals surface area contributed by atoms with Gasteiger partial charge in [0.2, 0.25) is 0 Å². The molecule has 2 aromatic rings. The van der Waals surface area contributed by atoms with Gasteiger partial charge in [0.1, 0.15) is 0 Å². The van der Waals surface area contributed by atoms with Crippen LogP contribution in [0.25, 0.3) is 10.1 Å². The van der Waals surface area contributed by atoms with Crippen molar-refractivity contribution in [1.29, 1.82) is 5.26 Å². The Bertz CT molecular complexity index is 527. The third-order valence-electron chi connectivity index (χ3n) is 1.92. The number of phenolic OH excluding ortho intramolecular Hbond substituents is 1.